The molecule has 0 aliphatic carbocycles. The van der Waals surface area contributed by atoms with Crippen molar-refractivity contribution in [3.8, 4) is 5.75 Å². The second-order valence-electron chi connectivity index (χ2n) is 5.32. The van der Waals surface area contributed by atoms with Crippen molar-refractivity contribution in [3.63, 3.8) is 0 Å². The Morgan fingerprint density at radius 3 is 2.64 bits per heavy atom. The molecule has 1 heterocycles. The van der Waals surface area contributed by atoms with Crippen LogP contribution in [0.5, 0.6) is 5.75 Å². The van der Waals surface area contributed by atoms with E-state index in [0.717, 1.165) is 17.0 Å². The van der Waals surface area contributed by atoms with Crippen molar-refractivity contribution in [2.75, 3.05) is 0 Å². The average molecular weight is 299 g/mol. The molecule has 1 aromatic carbocycles. The molecule has 2 aromatic rings. The van der Waals surface area contributed by atoms with Gasteiger partial charge >= 0.3 is 0 Å². The maximum atomic E-state index is 11.8. The highest BCUT2D eigenvalue weighted by atomic mass is 16.5. The number of carbonyl (C=O) groups is 1. The minimum Gasteiger partial charge on any atom is -0.491 e. The zero-order chi connectivity index (χ0) is 15.9. The first-order chi connectivity index (χ1) is 10.5. The van der Waals surface area contributed by atoms with E-state index in [9.17, 15) is 4.79 Å². The number of nitrogens with zero attached hydrogens (tertiary/aromatic N) is 2. The van der Waals surface area contributed by atoms with Gasteiger partial charge in [-0.15, -0.1) is 0 Å². The summed E-state index contributed by atoms with van der Waals surface area (Å²) in [5, 5.41) is 3.97. The van der Waals surface area contributed by atoms with Gasteiger partial charge in [0.2, 0.25) is 5.91 Å². The van der Waals surface area contributed by atoms with E-state index in [1.165, 1.54) is 0 Å². The molecule has 0 radical (unpaired) electrons. The average Bonchev–Trinajstić information content (AvgIpc) is 2.85. The van der Waals surface area contributed by atoms with Gasteiger partial charge in [0.1, 0.15) is 5.75 Å². The molecule has 0 saturated heterocycles. The third-order valence-corrected chi connectivity index (χ3v) is 3.05. The quantitative estimate of drug-likeness (QED) is 0.658. The first kappa shape index (κ1) is 15.8. The molecule has 0 bridgehead atoms. The minimum absolute atomic E-state index is 0.141. The summed E-state index contributed by atoms with van der Waals surface area (Å²) in [5.41, 5.74) is 4.37. The van der Waals surface area contributed by atoms with Crippen LogP contribution in [0.25, 0.3) is 0 Å². The Morgan fingerprint density at radius 1 is 1.32 bits per heavy atom. The van der Waals surface area contributed by atoms with Crippen LogP contribution in [0.1, 0.15) is 25.1 Å². The van der Waals surface area contributed by atoms with Crippen LogP contribution in [0, 0.1) is 0 Å². The van der Waals surface area contributed by atoms with Gasteiger partial charge in [0.25, 0.3) is 0 Å². The lowest BCUT2D eigenvalue weighted by Crippen LogP contribution is -2.20. The third-order valence-electron chi connectivity index (χ3n) is 3.05. The summed E-state index contributed by atoms with van der Waals surface area (Å²) < 4.78 is 7.48. The molecule has 0 saturated carbocycles. The molecule has 0 fully saturated rings. The number of nitrogens with one attached hydrogen (secondary N) is 1. The molecule has 0 unspecified atom stereocenters. The molecule has 1 N–H and O–H groups in total. The fourth-order valence-electron chi connectivity index (χ4n) is 1.97. The molecule has 0 atom stereocenters. The Labute approximate surface area is 130 Å². The second kappa shape index (κ2) is 7.45. The fourth-order valence-corrected chi connectivity index (χ4v) is 1.97. The highest BCUT2D eigenvalue weighted by molar-refractivity contribution is 5.83. The zero-order valence-corrected chi connectivity index (χ0v) is 13.1. The first-order valence-corrected chi connectivity index (χ1v) is 7.23. The number of carbonyl (C=O) groups excluding carboxylic acids is 1. The number of ether oxygens (including phenoxy) is 1. The van der Waals surface area contributed by atoms with E-state index < -0.39 is 0 Å². The molecule has 0 spiro atoms. The van der Waals surface area contributed by atoms with E-state index >= 15 is 0 Å². The van der Waals surface area contributed by atoms with E-state index in [0.29, 0.717) is 6.42 Å². The van der Waals surface area contributed by atoms with Crippen molar-refractivity contribution in [2.45, 2.75) is 26.4 Å². The molecular weight excluding hydrogens is 278 g/mol. The minimum atomic E-state index is -0.141. The van der Waals surface area contributed by atoms with Gasteiger partial charge in [-0.25, -0.2) is 5.43 Å². The van der Waals surface area contributed by atoms with Crippen molar-refractivity contribution in [3.05, 3.63) is 53.9 Å². The number of benzene rings is 1. The van der Waals surface area contributed by atoms with Crippen LogP contribution in [0.2, 0.25) is 0 Å². The summed E-state index contributed by atoms with van der Waals surface area (Å²) in [7, 11) is 1.91. The van der Waals surface area contributed by atoms with Gasteiger partial charge in [0, 0.05) is 18.9 Å². The molecule has 0 aliphatic heterocycles. The number of aryl methyl sites for hydroxylation is 1. The molecule has 5 heteroatoms. The molecule has 5 nitrogen and oxygen atoms in total. The number of amides is 1. The van der Waals surface area contributed by atoms with Gasteiger partial charge in [-0.1, -0.05) is 0 Å². The van der Waals surface area contributed by atoms with Crippen molar-refractivity contribution in [1.82, 2.24) is 9.99 Å². The highest BCUT2D eigenvalue weighted by Crippen LogP contribution is 2.12. The predicted molar refractivity (Wildman–Crippen MR) is 87.1 cm³/mol. The lowest BCUT2D eigenvalue weighted by molar-refractivity contribution is -0.120. The van der Waals surface area contributed by atoms with E-state index in [2.05, 4.69) is 10.5 Å². The van der Waals surface area contributed by atoms with Crippen molar-refractivity contribution < 1.29 is 9.53 Å². The lowest BCUT2D eigenvalue weighted by Gasteiger charge is -2.09. The number of hydrazone groups is 1. The Hall–Kier alpha value is -2.56. The van der Waals surface area contributed by atoms with E-state index in [1.807, 2.05) is 68.1 Å². The SMILES string of the molecule is CC(C)Oc1ccc(/C=N/NC(=O)Cc2cccn2C)cc1. The van der Waals surface area contributed by atoms with Gasteiger partial charge in [-0.3, -0.25) is 4.79 Å². The van der Waals surface area contributed by atoms with Crippen LogP contribution in [0.4, 0.5) is 0 Å². The summed E-state index contributed by atoms with van der Waals surface area (Å²) in [5.74, 6) is 0.678. The normalized spacial score (nSPS) is 11.1. The van der Waals surface area contributed by atoms with E-state index in [1.54, 1.807) is 6.21 Å². The van der Waals surface area contributed by atoms with Gasteiger partial charge in [-0.05, 0) is 55.8 Å². The molecule has 1 aromatic heterocycles. The van der Waals surface area contributed by atoms with Gasteiger partial charge < -0.3 is 9.30 Å². The van der Waals surface area contributed by atoms with Crippen LogP contribution >= 0.6 is 0 Å². The van der Waals surface area contributed by atoms with E-state index in [4.69, 9.17) is 4.74 Å². The Morgan fingerprint density at radius 2 is 2.05 bits per heavy atom. The lowest BCUT2D eigenvalue weighted by atomic mass is 10.2. The summed E-state index contributed by atoms with van der Waals surface area (Å²) in [6.07, 6.45) is 3.98. The second-order valence-corrected chi connectivity index (χ2v) is 5.32. The third kappa shape index (κ3) is 4.77. The standard InChI is InChI=1S/C17H21N3O2/c1-13(2)22-16-8-6-14(7-9-16)12-18-19-17(21)11-15-5-4-10-20(15)3/h4-10,12-13H,11H2,1-3H3,(H,19,21)/b18-12+. The molecule has 1 amide bonds. The van der Waals surface area contributed by atoms with Gasteiger partial charge in [-0.2, -0.15) is 5.10 Å². The Kier molecular flexibility index (Phi) is 5.36. The maximum Gasteiger partial charge on any atom is 0.245 e. The molecule has 22 heavy (non-hydrogen) atoms. The van der Waals surface area contributed by atoms with Crippen molar-refractivity contribution in [1.29, 1.82) is 0 Å². The van der Waals surface area contributed by atoms with Crippen LogP contribution < -0.4 is 10.2 Å². The topological polar surface area (TPSA) is 55.6 Å². The fraction of sp³-hybridized carbons (Fsp3) is 0.294. The van der Waals surface area contributed by atoms with Crippen LogP contribution in [-0.2, 0) is 18.3 Å². The number of hydrogen-bond acceptors (Lipinski definition) is 3. The smallest absolute Gasteiger partial charge is 0.245 e. The molecule has 2 rings (SSSR count). The number of rotatable bonds is 6. The number of hydrogen-bond donors (Lipinski definition) is 1. The molecule has 0 aliphatic rings. The summed E-state index contributed by atoms with van der Waals surface area (Å²) in [6, 6.07) is 11.4. The van der Waals surface area contributed by atoms with Crippen LogP contribution in [-0.4, -0.2) is 22.8 Å². The largest absolute Gasteiger partial charge is 0.491 e. The zero-order valence-electron chi connectivity index (χ0n) is 13.1. The van der Waals surface area contributed by atoms with Crippen molar-refractivity contribution >= 4 is 12.1 Å². The molecule has 116 valence electrons. The van der Waals surface area contributed by atoms with Crippen LogP contribution in [0.15, 0.2) is 47.7 Å². The summed E-state index contributed by atoms with van der Waals surface area (Å²) in [6.45, 7) is 3.97. The van der Waals surface area contributed by atoms with Gasteiger partial charge in [0.05, 0.1) is 18.7 Å². The first-order valence-electron chi connectivity index (χ1n) is 7.23. The highest BCUT2D eigenvalue weighted by Gasteiger charge is 2.04. The summed E-state index contributed by atoms with van der Waals surface area (Å²) in [4.78, 5) is 11.8. The summed E-state index contributed by atoms with van der Waals surface area (Å²) >= 11 is 0. The Balaban J connectivity index is 1.84. The maximum absolute atomic E-state index is 11.8. The monoisotopic (exact) mass is 299 g/mol. The number of aromatic nitrogens is 1. The van der Waals surface area contributed by atoms with Crippen LogP contribution in [0.3, 0.4) is 0 Å². The van der Waals surface area contributed by atoms with E-state index in [-0.39, 0.29) is 12.0 Å². The predicted octanol–water partition coefficient (Wildman–Crippen LogP) is 2.51. The molecular formula is C17H21N3O2. The Bertz CT molecular complexity index is 642. The van der Waals surface area contributed by atoms with Gasteiger partial charge in [0.15, 0.2) is 0 Å². The van der Waals surface area contributed by atoms with Crippen molar-refractivity contribution in [2.24, 2.45) is 12.1 Å².